The van der Waals surface area contributed by atoms with Crippen molar-refractivity contribution < 1.29 is 32.3 Å². The monoisotopic (exact) mass is 638 g/mol. The Morgan fingerprint density at radius 1 is 0.935 bits per heavy atom. The van der Waals surface area contributed by atoms with Gasteiger partial charge in [-0.05, 0) is 62.1 Å². The molecule has 3 aromatic carbocycles. The Bertz CT molecular complexity index is 1420. The molecule has 0 aromatic heterocycles. The normalized spacial score (nSPS) is 16.0. The van der Waals surface area contributed by atoms with Crippen molar-refractivity contribution in [2.75, 3.05) is 26.7 Å². The molecular weight excluding hydrogens is 597 g/mol. The minimum absolute atomic E-state index is 0.139. The molecule has 0 saturated carbocycles. The van der Waals surface area contributed by atoms with Crippen LogP contribution in [0, 0.1) is 0 Å². The summed E-state index contributed by atoms with van der Waals surface area (Å²) in [6.45, 7) is 1.99. The van der Waals surface area contributed by atoms with Crippen LogP contribution in [-0.4, -0.2) is 78.5 Å². The lowest BCUT2D eigenvalue weighted by Crippen LogP contribution is -2.56. The molecule has 0 bridgehead atoms. The summed E-state index contributed by atoms with van der Waals surface area (Å²) < 4.78 is 46.7. The fourth-order valence-corrected chi connectivity index (χ4v) is 5.46. The first kappa shape index (κ1) is 34.5. The average molecular weight is 639 g/mol. The quantitative estimate of drug-likeness (QED) is 0.271. The zero-order chi connectivity index (χ0) is 33.1. The van der Waals surface area contributed by atoms with Gasteiger partial charge in [0, 0.05) is 32.1 Å². The topological polar surface area (TPSA) is 91.0 Å². The number of amides is 3. The number of alkyl halides is 3. The van der Waals surface area contributed by atoms with Crippen molar-refractivity contribution in [3.63, 3.8) is 0 Å². The predicted octanol–water partition coefficient (Wildman–Crippen LogP) is 4.53. The van der Waals surface area contributed by atoms with Gasteiger partial charge in [-0.25, -0.2) is 0 Å². The fraction of sp³-hybridized carbons (Fsp3) is 0.400. The maximum atomic E-state index is 14.0. The third-order valence-corrected chi connectivity index (χ3v) is 8.19. The van der Waals surface area contributed by atoms with Gasteiger partial charge >= 0.3 is 12.1 Å². The minimum atomic E-state index is -5.04. The Balaban J connectivity index is 1.48. The minimum Gasteiger partial charge on any atom is -0.489 e. The summed E-state index contributed by atoms with van der Waals surface area (Å²) in [6, 6.07) is 23.8. The lowest BCUT2D eigenvalue weighted by Gasteiger charge is -2.34. The molecule has 1 heterocycles. The molecule has 3 atom stereocenters. The van der Waals surface area contributed by atoms with E-state index in [0.29, 0.717) is 31.7 Å². The lowest BCUT2D eigenvalue weighted by molar-refractivity contribution is -0.186. The Labute approximate surface area is 267 Å². The van der Waals surface area contributed by atoms with E-state index in [1.165, 1.54) is 4.90 Å². The van der Waals surface area contributed by atoms with Gasteiger partial charge in [-0.1, -0.05) is 72.8 Å². The van der Waals surface area contributed by atoms with Gasteiger partial charge in [-0.2, -0.15) is 13.2 Å². The Morgan fingerprint density at radius 3 is 2.17 bits per heavy atom. The van der Waals surface area contributed by atoms with Gasteiger partial charge in [-0.3, -0.25) is 14.4 Å². The number of carbonyl (C=O) groups excluding carboxylic acids is 3. The van der Waals surface area contributed by atoms with Crippen LogP contribution in [0.2, 0.25) is 0 Å². The number of hydrogen-bond acceptors (Lipinski definition) is 5. The number of hydrogen-bond donors (Lipinski definition) is 2. The largest absolute Gasteiger partial charge is 0.489 e. The molecule has 0 radical (unpaired) electrons. The number of benzene rings is 3. The summed E-state index contributed by atoms with van der Waals surface area (Å²) in [6.07, 6.45) is -3.61. The first-order valence-electron chi connectivity index (χ1n) is 15.5. The van der Waals surface area contributed by atoms with E-state index in [4.69, 9.17) is 4.74 Å². The van der Waals surface area contributed by atoms with E-state index in [2.05, 4.69) is 10.6 Å². The van der Waals surface area contributed by atoms with E-state index in [1.54, 1.807) is 50.4 Å². The van der Waals surface area contributed by atoms with Gasteiger partial charge in [-0.15, -0.1) is 0 Å². The molecular formula is C35H41F3N4O4. The Kier molecular flexibility index (Phi) is 12.2. The first-order chi connectivity index (χ1) is 22.0. The van der Waals surface area contributed by atoms with Gasteiger partial charge in [0.25, 0.3) is 0 Å². The summed E-state index contributed by atoms with van der Waals surface area (Å²) >= 11 is 0. The highest BCUT2D eigenvalue weighted by atomic mass is 19.4. The molecule has 0 spiro atoms. The number of ether oxygens (including phenoxy) is 1. The first-order valence-corrected chi connectivity index (χ1v) is 15.5. The van der Waals surface area contributed by atoms with E-state index in [1.807, 2.05) is 48.5 Å². The van der Waals surface area contributed by atoms with Crippen molar-refractivity contribution >= 4 is 17.7 Å². The molecule has 11 heteroatoms. The van der Waals surface area contributed by atoms with Gasteiger partial charge in [0.15, 0.2) is 0 Å². The van der Waals surface area contributed by atoms with E-state index in [-0.39, 0.29) is 31.8 Å². The molecule has 1 aliphatic heterocycles. The highest BCUT2D eigenvalue weighted by Crippen LogP contribution is 2.25. The molecule has 4 rings (SSSR count). The molecule has 1 saturated heterocycles. The second-order valence-corrected chi connectivity index (χ2v) is 11.5. The second kappa shape index (κ2) is 16.3. The predicted molar refractivity (Wildman–Crippen MR) is 169 cm³/mol. The molecule has 1 fully saturated rings. The number of nitrogens with one attached hydrogen (secondary N) is 2. The van der Waals surface area contributed by atoms with E-state index in [0.717, 1.165) is 21.6 Å². The summed E-state index contributed by atoms with van der Waals surface area (Å²) in [5, 5.41) is 5.70. The molecule has 3 amide bonds. The van der Waals surface area contributed by atoms with Crippen molar-refractivity contribution in [1.82, 2.24) is 20.4 Å². The summed E-state index contributed by atoms with van der Waals surface area (Å²) in [5.41, 5.74) is 2.60. The fourth-order valence-electron chi connectivity index (χ4n) is 5.46. The van der Waals surface area contributed by atoms with Crippen LogP contribution in [0.15, 0.2) is 84.9 Å². The van der Waals surface area contributed by atoms with Gasteiger partial charge in [0.05, 0.1) is 6.04 Å². The third kappa shape index (κ3) is 9.81. The number of halogens is 3. The van der Waals surface area contributed by atoms with Crippen LogP contribution < -0.4 is 15.4 Å². The molecule has 1 unspecified atom stereocenters. The van der Waals surface area contributed by atoms with Crippen molar-refractivity contribution in [1.29, 1.82) is 0 Å². The highest BCUT2D eigenvalue weighted by Gasteiger charge is 2.44. The van der Waals surface area contributed by atoms with Crippen LogP contribution >= 0.6 is 0 Å². The molecule has 8 nitrogen and oxygen atoms in total. The molecule has 1 aliphatic rings. The van der Waals surface area contributed by atoms with Crippen molar-refractivity contribution in [2.24, 2.45) is 0 Å². The molecule has 0 aliphatic carbocycles. The van der Waals surface area contributed by atoms with Gasteiger partial charge < -0.3 is 25.2 Å². The van der Waals surface area contributed by atoms with E-state index >= 15 is 0 Å². The maximum absolute atomic E-state index is 14.0. The summed E-state index contributed by atoms with van der Waals surface area (Å²) in [5.74, 6) is -2.06. The van der Waals surface area contributed by atoms with Gasteiger partial charge in [0.2, 0.25) is 11.8 Å². The molecule has 246 valence electrons. The Hall–Kier alpha value is -4.38. The summed E-state index contributed by atoms with van der Waals surface area (Å²) in [4.78, 5) is 41.7. The Morgan fingerprint density at radius 2 is 1.57 bits per heavy atom. The zero-order valence-electron chi connectivity index (χ0n) is 26.1. The standard InChI is InChI=1S/C35H41F3N4O4/c1-25(39-2)32(43)40-31(22-27-15-17-30(18-16-27)46-24-28-12-7-4-8-13-28)33(44)42-20-9-14-29(42)23-41(34(45)35(36,37)38)21-19-26-10-5-3-6-11-26/h3-8,10-13,15-18,25,29,31,39H,9,14,19-24H2,1-2H3,(H,40,43)/t25-,29-,31?/m0/s1. The van der Waals surface area contributed by atoms with Crippen molar-refractivity contribution in [3.8, 4) is 5.75 Å². The van der Waals surface area contributed by atoms with Crippen LogP contribution in [-0.2, 0) is 33.8 Å². The van der Waals surface area contributed by atoms with Crippen LogP contribution in [0.3, 0.4) is 0 Å². The third-order valence-electron chi connectivity index (χ3n) is 8.19. The van der Waals surface area contributed by atoms with Crippen LogP contribution in [0.4, 0.5) is 13.2 Å². The highest BCUT2D eigenvalue weighted by molar-refractivity contribution is 5.90. The zero-order valence-corrected chi connectivity index (χ0v) is 26.1. The number of likely N-dealkylation sites (tertiary alicyclic amines) is 1. The van der Waals surface area contributed by atoms with Crippen molar-refractivity contribution in [3.05, 3.63) is 102 Å². The average Bonchev–Trinajstić information content (AvgIpc) is 3.53. The maximum Gasteiger partial charge on any atom is 0.471 e. The number of carbonyl (C=O) groups is 3. The number of rotatable bonds is 14. The van der Waals surface area contributed by atoms with Crippen LogP contribution in [0.25, 0.3) is 0 Å². The SMILES string of the molecule is CN[C@@H](C)C(=O)NC(Cc1ccc(OCc2ccccc2)cc1)C(=O)N1CCC[C@H]1CN(CCc1ccccc1)C(=O)C(F)(F)F. The van der Waals surface area contributed by atoms with Gasteiger partial charge in [0.1, 0.15) is 18.4 Å². The van der Waals surface area contributed by atoms with E-state index < -0.39 is 36.1 Å². The molecule has 46 heavy (non-hydrogen) atoms. The summed E-state index contributed by atoms with van der Waals surface area (Å²) in [7, 11) is 1.63. The van der Waals surface area contributed by atoms with Crippen LogP contribution in [0.5, 0.6) is 5.75 Å². The van der Waals surface area contributed by atoms with Crippen molar-refractivity contribution in [2.45, 2.75) is 63.5 Å². The van der Waals surface area contributed by atoms with Crippen LogP contribution in [0.1, 0.15) is 36.5 Å². The second-order valence-electron chi connectivity index (χ2n) is 11.5. The smallest absolute Gasteiger partial charge is 0.471 e. The molecule has 3 aromatic rings. The number of likely N-dealkylation sites (N-methyl/N-ethyl adjacent to an activating group) is 1. The number of nitrogens with zero attached hydrogens (tertiary/aromatic N) is 2. The lowest BCUT2D eigenvalue weighted by atomic mass is 10.0. The molecule has 2 N–H and O–H groups in total. The van der Waals surface area contributed by atoms with E-state index in [9.17, 15) is 27.6 Å².